The van der Waals surface area contributed by atoms with Crippen LogP contribution in [0.25, 0.3) is 77.8 Å². The summed E-state index contributed by atoms with van der Waals surface area (Å²) in [5.74, 6) is 0. The van der Waals surface area contributed by atoms with E-state index in [4.69, 9.17) is 11.1 Å². The summed E-state index contributed by atoms with van der Waals surface area (Å²) in [6, 6.07) is 136. The lowest BCUT2D eigenvalue weighted by Crippen LogP contribution is -2.72. The smallest absolute Gasteiger partial charge is 0.257 e. The van der Waals surface area contributed by atoms with Crippen molar-refractivity contribution in [3.05, 3.63) is 405 Å². The zero-order chi connectivity index (χ0) is 65.5. The Balaban J connectivity index is 0.000000150. The van der Waals surface area contributed by atoms with Crippen LogP contribution in [0.3, 0.4) is 0 Å². The predicted octanol–water partition coefficient (Wildman–Crippen LogP) is 17.0. The number of nitrogens with zero attached hydrogens (tertiary/aromatic N) is 2. The van der Waals surface area contributed by atoms with E-state index in [9.17, 15) is 0 Å². The highest BCUT2D eigenvalue weighted by Gasteiger charge is 2.47. The molecule has 472 valence electrons. The highest BCUT2D eigenvalue weighted by Crippen LogP contribution is 2.42. The number of aromatic nitrogens is 3. The molecule has 17 aromatic rings. The maximum Gasteiger partial charge on any atom is 0.257 e. The zero-order valence-electron chi connectivity index (χ0n) is 53.9. The first kappa shape index (κ1) is 62.4. The van der Waals surface area contributed by atoms with Gasteiger partial charge in [-0.15, -0.1) is 11.1 Å². The molecule has 99 heavy (non-hydrogen) atoms. The van der Waals surface area contributed by atoms with Crippen LogP contribution in [0.15, 0.2) is 376 Å². The molecule has 3 aromatic heterocycles. The van der Waals surface area contributed by atoms with Crippen LogP contribution in [0.1, 0.15) is 29.8 Å². The van der Waals surface area contributed by atoms with Crippen LogP contribution in [0, 0.1) is 6.08 Å². The summed E-state index contributed by atoms with van der Waals surface area (Å²) in [6.07, 6.45) is 10.3. The molecule has 7 heteroatoms. The Morgan fingerprint density at radius 1 is 0.303 bits per heavy atom. The quantitative estimate of drug-likeness (QED) is 0.0578. The van der Waals surface area contributed by atoms with Gasteiger partial charge in [0.2, 0.25) is 7.38 Å². The minimum atomic E-state index is -3.00. The number of aromatic amines is 1. The highest BCUT2D eigenvalue weighted by atomic mass is 35.6. The largest absolute Gasteiger partial charge is 0.355 e. The molecule has 19 rings (SSSR count). The van der Waals surface area contributed by atoms with Crippen LogP contribution in [-0.2, 0) is 6.42 Å². The van der Waals surface area contributed by atoms with E-state index >= 15 is 0 Å². The number of halogens is 1. The molecular weight excluding hydrogens is 1270 g/mol. The van der Waals surface area contributed by atoms with Gasteiger partial charge in [0.15, 0.2) is 5.69 Å². The Kier molecular flexibility index (Phi) is 16.7. The van der Waals surface area contributed by atoms with Crippen LogP contribution >= 0.6 is 11.1 Å². The average molecular weight is 1340 g/mol. The molecule has 0 spiro atoms. The van der Waals surface area contributed by atoms with Crippen LogP contribution in [0.2, 0.25) is 0 Å². The van der Waals surface area contributed by atoms with Gasteiger partial charge < -0.3 is 13.4 Å². The zero-order valence-corrected chi connectivity index (χ0v) is 57.7. The molecule has 0 aliphatic heterocycles. The van der Waals surface area contributed by atoms with Gasteiger partial charge in [0.1, 0.15) is 17.7 Å². The first-order chi connectivity index (χ1) is 48.5. The summed E-state index contributed by atoms with van der Waals surface area (Å²) < 4.78 is 5.55. The van der Waals surface area contributed by atoms with Crippen LogP contribution in [0.4, 0.5) is 0 Å². The maximum absolute atomic E-state index is 7.25. The van der Waals surface area contributed by atoms with E-state index in [0.29, 0.717) is 0 Å². The first-order valence-corrected chi connectivity index (χ1v) is 40.6. The number of benzene rings is 14. The number of fused-ring (bicyclic) bond motifs is 12. The third kappa shape index (κ3) is 10.5. The van der Waals surface area contributed by atoms with E-state index in [1.807, 2.05) is 30.4 Å². The number of allylic oxidation sites excluding steroid dienone is 2. The summed E-state index contributed by atoms with van der Waals surface area (Å²) in [5.41, 5.74) is 14.3. The van der Waals surface area contributed by atoms with E-state index in [2.05, 4.69) is 377 Å². The second-order valence-corrected chi connectivity index (χ2v) is 37.4. The molecule has 0 atom stereocenters. The van der Waals surface area contributed by atoms with Crippen molar-refractivity contribution in [3.63, 3.8) is 0 Å². The lowest BCUT2D eigenvalue weighted by molar-refractivity contribution is 1.27. The Morgan fingerprint density at radius 3 is 1.02 bits per heavy atom. The lowest BCUT2D eigenvalue weighted by Gasteiger charge is -2.37. The van der Waals surface area contributed by atoms with Crippen LogP contribution < -0.4 is 46.7 Å². The summed E-state index contributed by atoms with van der Waals surface area (Å²) in [6.45, 7) is 0. The van der Waals surface area contributed by atoms with Gasteiger partial charge in [0.25, 0.3) is 16.5 Å². The second-order valence-electron chi connectivity index (χ2n) is 25.5. The third-order valence-electron chi connectivity index (χ3n) is 20.2. The highest BCUT2D eigenvalue weighted by molar-refractivity contribution is 7.40. The van der Waals surface area contributed by atoms with Gasteiger partial charge in [-0.05, 0) is 112 Å². The summed E-state index contributed by atoms with van der Waals surface area (Å²) >= 11 is 7.25. The number of H-pyrrole nitrogens is 1. The molecule has 2 aliphatic rings. The molecular formula is C92H71ClN3Si3+. The Morgan fingerprint density at radius 2 is 0.636 bits per heavy atom. The number of nitrogens with one attached hydrogen (secondary N) is 1. The molecule has 0 amide bonds. The molecule has 0 unspecified atom stereocenters. The van der Waals surface area contributed by atoms with Crippen molar-refractivity contribution in [1.29, 1.82) is 0 Å². The maximum atomic E-state index is 7.25. The molecule has 3 heterocycles. The van der Waals surface area contributed by atoms with E-state index in [-0.39, 0.29) is 7.43 Å². The Labute approximate surface area is 587 Å². The van der Waals surface area contributed by atoms with Crippen molar-refractivity contribution in [3.8, 4) is 11.1 Å². The monoisotopic (exact) mass is 1340 g/mol. The van der Waals surface area contributed by atoms with E-state index in [1.165, 1.54) is 135 Å². The topological polar surface area (TPSA) is 25.6 Å². The fraction of sp³-hybridized carbons (Fsp3) is 0.0217. The molecule has 14 aromatic carbocycles. The molecule has 1 N–H and O–H groups in total. The first-order valence-electron chi connectivity index (χ1n) is 33.7. The van der Waals surface area contributed by atoms with Crippen molar-refractivity contribution < 1.29 is 0 Å². The fourth-order valence-electron chi connectivity index (χ4n) is 15.9. The van der Waals surface area contributed by atoms with E-state index in [1.54, 1.807) is 0 Å². The van der Waals surface area contributed by atoms with Gasteiger partial charge in [0, 0.05) is 55.1 Å². The van der Waals surface area contributed by atoms with Crippen LogP contribution in [-0.4, -0.2) is 37.3 Å². The van der Waals surface area contributed by atoms with Gasteiger partial charge in [-0.1, -0.05) is 341 Å². The van der Waals surface area contributed by atoms with E-state index in [0.717, 1.165) is 6.42 Å². The molecule has 0 radical (unpaired) electrons. The van der Waals surface area contributed by atoms with Gasteiger partial charge in [-0.2, -0.15) is 0 Å². The van der Waals surface area contributed by atoms with Crippen molar-refractivity contribution in [2.45, 2.75) is 13.8 Å². The molecule has 3 nitrogen and oxygen atoms in total. The van der Waals surface area contributed by atoms with E-state index < -0.39 is 23.9 Å². The van der Waals surface area contributed by atoms with Gasteiger partial charge in [0.05, 0.1) is 11.6 Å². The number of para-hydroxylation sites is 2. The minimum Gasteiger partial charge on any atom is -0.355 e. The third-order valence-corrected chi connectivity index (χ3v) is 34.8. The number of rotatable bonds is 11. The predicted molar refractivity (Wildman–Crippen MR) is 431 cm³/mol. The number of hydrogen-bond donors (Lipinski definition) is 1. The minimum absolute atomic E-state index is 0. The van der Waals surface area contributed by atoms with Gasteiger partial charge >= 0.3 is 0 Å². The molecule has 0 fully saturated rings. The molecule has 0 bridgehead atoms. The summed E-state index contributed by atoms with van der Waals surface area (Å²) in [5, 5.41) is 18.1. The molecule has 0 saturated carbocycles. The van der Waals surface area contributed by atoms with Crippen molar-refractivity contribution in [1.82, 2.24) is 13.4 Å². The normalized spacial score (nSPS) is 12.2. The summed E-state index contributed by atoms with van der Waals surface area (Å²) in [4.78, 5) is 3.51. The average Bonchev–Trinajstić information content (AvgIpc) is 1.57. The SMILES string of the molecule is C.Cl[Si](c1ccccc1)(c1ccccc1)c1ccccc1.[C+]1=Cc2[nH]c3cc4c(cc3c2C=C1)Cc1ccccc1-4.c1ccc([Si](c2ccccc2)(c2ccccc2)n2c3ccccc3c3cc4c(cc32)c2ccccc2n4[Si](c2ccccc2)(c2ccccc2)c2ccccc2)cc1. The molecule has 2 aliphatic carbocycles. The van der Waals surface area contributed by atoms with Gasteiger partial charge in [-0.3, -0.25) is 0 Å². The van der Waals surface area contributed by atoms with Crippen LogP contribution in [0.5, 0.6) is 0 Å². The second kappa shape index (κ2) is 26.5. The van der Waals surface area contributed by atoms with Crippen molar-refractivity contribution >= 4 is 148 Å². The Bertz CT molecular complexity index is 5250. The Hall–Kier alpha value is -11.4. The van der Waals surface area contributed by atoms with Crippen molar-refractivity contribution in [2.75, 3.05) is 0 Å². The fourth-order valence-corrected chi connectivity index (χ4v) is 29.8. The van der Waals surface area contributed by atoms with Crippen molar-refractivity contribution in [2.24, 2.45) is 0 Å². The summed E-state index contributed by atoms with van der Waals surface area (Å²) in [7, 11) is -8.41. The standard InChI is InChI=1S/C54H40N2Si2.C19H12N.C18H15ClSi.CH4/c1-7-23-41(24-8-1)57(42-25-9-2-10-26-42,43-27-11-3-12-28-43)55-51-37-21-19-35-47(51)49-40-54-50(39-53(49)55)48-36-20-22-38-52(48)56(54)58(44-29-13-4-14-30-44,45-31-15-5-16-32-45)46-33-17-6-18-34-46;1-2-6-14-12(5-1)9-13-10-17-15-7-3-4-8-18(15)20-19(17)11-16(13)14;19-20(16-10-4-1-5-11-16,17-12-6-2-7-13-17)18-14-8-3-9-15-18;/h1-40H;1-3,5-8,10-11,20H,9H2;1-15H;1H4/q;+1;;. The lowest BCUT2D eigenvalue weighted by atomic mass is 10.0. The van der Waals surface area contributed by atoms with Gasteiger partial charge in [-0.25, -0.2) is 0 Å². The number of hydrogen-bond acceptors (Lipinski definition) is 0. The molecule has 0 saturated heterocycles.